The van der Waals surface area contributed by atoms with Crippen molar-refractivity contribution in [3.8, 4) is 5.69 Å². The van der Waals surface area contributed by atoms with Crippen LogP contribution in [0.2, 0.25) is 5.02 Å². The molecule has 25 heavy (non-hydrogen) atoms. The van der Waals surface area contributed by atoms with Gasteiger partial charge in [-0.15, -0.1) is 0 Å². The van der Waals surface area contributed by atoms with Gasteiger partial charge in [0.25, 0.3) is 5.56 Å². The number of benzene rings is 2. The standard InChI is InChI=1S/C20H20ClN3O/c1-14(22-13-12-16-8-10-17(21)11-9-16)19-15(2)23-24(20(19)25)18-6-4-3-5-7-18/h3-11,23H,12-13H2,1-2H3. The van der Waals surface area contributed by atoms with E-state index in [4.69, 9.17) is 11.6 Å². The highest BCUT2D eigenvalue weighted by molar-refractivity contribution is 6.30. The summed E-state index contributed by atoms with van der Waals surface area (Å²) in [7, 11) is 0. The van der Waals surface area contributed by atoms with Gasteiger partial charge in [-0.2, -0.15) is 0 Å². The van der Waals surface area contributed by atoms with Crippen molar-refractivity contribution < 1.29 is 0 Å². The Morgan fingerprint density at radius 2 is 1.80 bits per heavy atom. The minimum atomic E-state index is -0.0727. The van der Waals surface area contributed by atoms with E-state index in [0.717, 1.165) is 28.5 Å². The fourth-order valence-electron chi connectivity index (χ4n) is 2.81. The van der Waals surface area contributed by atoms with Crippen molar-refractivity contribution in [3.63, 3.8) is 0 Å². The molecule has 0 saturated carbocycles. The maximum Gasteiger partial charge on any atom is 0.280 e. The Morgan fingerprint density at radius 3 is 2.48 bits per heavy atom. The number of para-hydroxylation sites is 1. The molecule has 0 aliphatic heterocycles. The Kier molecular flexibility index (Phi) is 5.19. The number of hydrogen-bond acceptors (Lipinski definition) is 2. The summed E-state index contributed by atoms with van der Waals surface area (Å²) in [5, 5.41) is 3.86. The molecule has 3 aromatic rings. The van der Waals surface area contributed by atoms with E-state index in [1.165, 1.54) is 5.56 Å². The fourth-order valence-corrected chi connectivity index (χ4v) is 2.94. The van der Waals surface area contributed by atoms with Crippen LogP contribution >= 0.6 is 11.6 Å². The lowest BCUT2D eigenvalue weighted by Gasteiger charge is -2.01. The molecule has 2 aromatic carbocycles. The van der Waals surface area contributed by atoms with Crippen LogP contribution in [0.1, 0.15) is 23.7 Å². The molecule has 0 fully saturated rings. The SMILES string of the molecule is CC(=NCCc1ccc(Cl)cc1)c1c(C)[nH]n(-c2ccccc2)c1=O. The van der Waals surface area contributed by atoms with Crippen LogP contribution in [0.25, 0.3) is 5.69 Å². The fraction of sp³-hybridized carbons (Fsp3) is 0.200. The Bertz CT molecular complexity index is 937. The maximum atomic E-state index is 12.7. The second-order valence-corrected chi connectivity index (χ2v) is 6.37. The minimum absolute atomic E-state index is 0.0727. The van der Waals surface area contributed by atoms with Gasteiger partial charge in [0.1, 0.15) is 0 Å². The first-order valence-corrected chi connectivity index (χ1v) is 8.57. The highest BCUT2D eigenvalue weighted by Crippen LogP contribution is 2.11. The summed E-state index contributed by atoms with van der Waals surface area (Å²) in [6.45, 7) is 4.41. The lowest BCUT2D eigenvalue weighted by atomic mass is 10.1. The Hall–Kier alpha value is -2.59. The summed E-state index contributed by atoms with van der Waals surface area (Å²) < 4.78 is 1.56. The van der Waals surface area contributed by atoms with Crippen molar-refractivity contribution in [2.75, 3.05) is 6.54 Å². The largest absolute Gasteiger partial charge is 0.295 e. The number of rotatable bonds is 5. The second-order valence-electron chi connectivity index (χ2n) is 5.93. The van der Waals surface area contributed by atoms with Gasteiger partial charge in [0, 0.05) is 23.0 Å². The summed E-state index contributed by atoms with van der Waals surface area (Å²) in [5.74, 6) is 0. The maximum absolute atomic E-state index is 12.7. The first-order chi connectivity index (χ1) is 12.1. The molecule has 0 atom stereocenters. The van der Waals surface area contributed by atoms with Crippen LogP contribution in [0.5, 0.6) is 0 Å². The van der Waals surface area contributed by atoms with Gasteiger partial charge in [-0.25, -0.2) is 4.68 Å². The van der Waals surface area contributed by atoms with Crippen molar-refractivity contribution in [1.29, 1.82) is 0 Å². The third-order valence-electron chi connectivity index (χ3n) is 4.11. The van der Waals surface area contributed by atoms with Crippen molar-refractivity contribution in [2.24, 2.45) is 4.99 Å². The van der Waals surface area contributed by atoms with Crippen molar-refractivity contribution in [3.05, 3.63) is 86.8 Å². The predicted octanol–water partition coefficient (Wildman–Crippen LogP) is 4.18. The van der Waals surface area contributed by atoms with Crippen molar-refractivity contribution in [2.45, 2.75) is 20.3 Å². The molecule has 1 N–H and O–H groups in total. The zero-order valence-electron chi connectivity index (χ0n) is 14.3. The van der Waals surface area contributed by atoms with Crippen LogP contribution in [-0.4, -0.2) is 22.0 Å². The molecule has 0 radical (unpaired) electrons. The number of aliphatic imine (C=N–C) groups is 1. The van der Waals surface area contributed by atoms with E-state index < -0.39 is 0 Å². The number of nitrogens with one attached hydrogen (secondary N) is 1. The number of halogens is 1. The summed E-state index contributed by atoms with van der Waals surface area (Å²) in [4.78, 5) is 17.3. The number of H-pyrrole nitrogens is 1. The average molecular weight is 354 g/mol. The molecule has 0 spiro atoms. The van der Waals surface area contributed by atoms with Crippen molar-refractivity contribution >= 4 is 17.3 Å². The number of aromatic nitrogens is 2. The summed E-state index contributed by atoms with van der Waals surface area (Å²) >= 11 is 5.90. The number of aromatic amines is 1. The molecule has 5 heteroatoms. The summed E-state index contributed by atoms with van der Waals surface area (Å²) in [6.07, 6.45) is 0.810. The minimum Gasteiger partial charge on any atom is -0.295 e. The van der Waals surface area contributed by atoms with Gasteiger partial charge >= 0.3 is 0 Å². The number of nitrogens with zero attached hydrogens (tertiary/aromatic N) is 2. The first kappa shape index (κ1) is 17.2. The van der Waals surface area contributed by atoms with Crippen LogP contribution in [0.4, 0.5) is 0 Å². The van der Waals surface area contributed by atoms with Crippen LogP contribution in [0.3, 0.4) is 0 Å². The molecule has 0 aliphatic rings. The van der Waals surface area contributed by atoms with E-state index in [2.05, 4.69) is 10.1 Å². The Labute approximate surface area is 151 Å². The average Bonchev–Trinajstić information content (AvgIpc) is 2.92. The molecule has 1 heterocycles. The zero-order chi connectivity index (χ0) is 17.8. The van der Waals surface area contributed by atoms with Crippen molar-refractivity contribution in [1.82, 2.24) is 9.78 Å². The van der Waals surface area contributed by atoms with Gasteiger partial charge in [0.15, 0.2) is 0 Å². The van der Waals surface area contributed by atoms with Gasteiger partial charge in [-0.3, -0.25) is 14.9 Å². The van der Waals surface area contributed by atoms with Gasteiger partial charge in [0.2, 0.25) is 0 Å². The molecule has 3 rings (SSSR count). The smallest absolute Gasteiger partial charge is 0.280 e. The Morgan fingerprint density at radius 1 is 1.12 bits per heavy atom. The quantitative estimate of drug-likeness (QED) is 0.687. The van der Waals surface area contributed by atoms with E-state index in [9.17, 15) is 4.79 Å². The topological polar surface area (TPSA) is 50.1 Å². The van der Waals surface area contributed by atoms with Crippen LogP contribution in [0, 0.1) is 6.92 Å². The normalized spacial score (nSPS) is 11.7. The lowest BCUT2D eigenvalue weighted by Crippen LogP contribution is -2.19. The molecular weight excluding hydrogens is 334 g/mol. The molecule has 0 unspecified atom stereocenters. The monoisotopic (exact) mass is 353 g/mol. The molecule has 4 nitrogen and oxygen atoms in total. The van der Waals surface area contributed by atoms with E-state index >= 15 is 0 Å². The first-order valence-electron chi connectivity index (χ1n) is 8.19. The molecule has 128 valence electrons. The zero-order valence-corrected chi connectivity index (χ0v) is 15.0. The highest BCUT2D eigenvalue weighted by Gasteiger charge is 2.14. The molecule has 1 aromatic heterocycles. The number of hydrogen-bond donors (Lipinski definition) is 1. The van der Waals surface area contributed by atoms with Gasteiger partial charge in [0.05, 0.1) is 11.3 Å². The third-order valence-corrected chi connectivity index (χ3v) is 4.36. The van der Waals surface area contributed by atoms with E-state index in [1.54, 1.807) is 4.68 Å². The van der Waals surface area contributed by atoms with Crippen LogP contribution in [-0.2, 0) is 6.42 Å². The van der Waals surface area contributed by atoms with Gasteiger partial charge in [-0.1, -0.05) is 41.9 Å². The molecule has 0 bridgehead atoms. The molecular formula is C20H20ClN3O. The van der Waals surface area contributed by atoms with E-state index in [0.29, 0.717) is 12.1 Å². The lowest BCUT2D eigenvalue weighted by molar-refractivity contribution is 0.835. The highest BCUT2D eigenvalue weighted by atomic mass is 35.5. The Balaban J connectivity index is 1.80. The van der Waals surface area contributed by atoms with E-state index in [-0.39, 0.29) is 5.56 Å². The predicted molar refractivity (Wildman–Crippen MR) is 103 cm³/mol. The van der Waals surface area contributed by atoms with E-state index in [1.807, 2.05) is 68.4 Å². The summed E-state index contributed by atoms with van der Waals surface area (Å²) in [5.41, 5.74) is 4.13. The van der Waals surface area contributed by atoms with Crippen LogP contribution in [0.15, 0.2) is 64.4 Å². The third kappa shape index (κ3) is 3.91. The summed E-state index contributed by atoms with van der Waals surface area (Å²) in [6, 6.07) is 17.3. The molecule has 0 amide bonds. The molecule has 0 saturated heterocycles. The van der Waals surface area contributed by atoms with Gasteiger partial charge in [-0.05, 0) is 50.1 Å². The second kappa shape index (κ2) is 7.53. The molecule has 0 aliphatic carbocycles. The number of aryl methyl sites for hydroxylation is 1. The van der Waals surface area contributed by atoms with Crippen LogP contribution < -0.4 is 5.56 Å². The van der Waals surface area contributed by atoms with Gasteiger partial charge < -0.3 is 0 Å².